The highest BCUT2D eigenvalue weighted by molar-refractivity contribution is 5.78. The molecule has 0 saturated heterocycles. The molecule has 1 saturated carbocycles. The monoisotopic (exact) mass is 214 g/mol. The van der Waals surface area contributed by atoms with Gasteiger partial charge in [-0.05, 0) is 25.2 Å². The number of carbonyl (C=O) groups excluding carboxylic acids is 1. The average molecular weight is 214 g/mol. The molecule has 0 radical (unpaired) electrons. The summed E-state index contributed by atoms with van der Waals surface area (Å²) in [5, 5.41) is 9.15. The molecular formula is C11H22N2O2. The zero-order valence-corrected chi connectivity index (χ0v) is 9.65. The first kappa shape index (κ1) is 12.5. The molecule has 0 heterocycles. The van der Waals surface area contributed by atoms with Crippen LogP contribution in [-0.4, -0.2) is 42.2 Å². The van der Waals surface area contributed by atoms with E-state index in [0.717, 1.165) is 25.8 Å². The third-order valence-electron chi connectivity index (χ3n) is 3.25. The highest BCUT2D eigenvalue weighted by Crippen LogP contribution is 2.27. The molecule has 0 aliphatic heterocycles. The molecule has 1 rings (SSSR count). The van der Waals surface area contributed by atoms with E-state index in [2.05, 4.69) is 0 Å². The van der Waals surface area contributed by atoms with E-state index in [4.69, 9.17) is 10.8 Å². The normalized spacial score (nSPS) is 26.9. The van der Waals surface area contributed by atoms with Crippen LogP contribution in [0, 0.1) is 11.8 Å². The van der Waals surface area contributed by atoms with Gasteiger partial charge in [-0.15, -0.1) is 0 Å². The predicted molar refractivity (Wildman–Crippen MR) is 59.2 cm³/mol. The van der Waals surface area contributed by atoms with Crippen molar-refractivity contribution < 1.29 is 9.90 Å². The number of rotatable bonds is 5. The van der Waals surface area contributed by atoms with E-state index >= 15 is 0 Å². The van der Waals surface area contributed by atoms with E-state index in [9.17, 15) is 4.79 Å². The molecule has 0 spiro atoms. The Morgan fingerprint density at radius 3 is 2.60 bits per heavy atom. The molecule has 1 atom stereocenters. The summed E-state index contributed by atoms with van der Waals surface area (Å²) < 4.78 is 0. The number of carbonyl (C=O) groups is 1. The fourth-order valence-electron chi connectivity index (χ4n) is 2.08. The second-order valence-corrected chi connectivity index (χ2v) is 4.55. The van der Waals surface area contributed by atoms with Gasteiger partial charge in [-0.1, -0.05) is 6.92 Å². The van der Waals surface area contributed by atoms with E-state index in [0.29, 0.717) is 12.5 Å². The number of amides is 1. The Morgan fingerprint density at radius 1 is 1.60 bits per heavy atom. The predicted octanol–water partition coefficient (Wildman–Crippen LogP) is 0.201. The Morgan fingerprint density at radius 2 is 2.20 bits per heavy atom. The quantitative estimate of drug-likeness (QED) is 0.687. The van der Waals surface area contributed by atoms with Crippen LogP contribution in [0.2, 0.25) is 0 Å². The van der Waals surface area contributed by atoms with Crippen molar-refractivity contribution in [1.29, 1.82) is 0 Å². The van der Waals surface area contributed by atoms with Crippen LogP contribution in [0.5, 0.6) is 0 Å². The molecule has 1 fully saturated rings. The van der Waals surface area contributed by atoms with E-state index in [1.165, 1.54) is 0 Å². The highest BCUT2D eigenvalue weighted by Gasteiger charge is 2.30. The lowest BCUT2D eigenvalue weighted by Gasteiger charge is -2.35. The van der Waals surface area contributed by atoms with Gasteiger partial charge in [0.25, 0.3) is 0 Å². The molecule has 4 heteroatoms. The minimum absolute atomic E-state index is 0.0417. The molecule has 1 amide bonds. The van der Waals surface area contributed by atoms with Gasteiger partial charge in [0.2, 0.25) is 5.91 Å². The number of nitrogens with zero attached hydrogens (tertiary/aromatic N) is 1. The topological polar surface area (TPSA) is 66.6 Å². The van der Waals surface area contributed by atoms with Crippen LogP contribution in [0.15, 0.2) is 0 Å². The summed E-state index contributed by atoms with van der Waals surface area (Å²) in [7, 11) is 1.82. The average Bonchev–Trinajstić information content (AvgIpc) is 2.17. The third kappa shape index (κ3) is 3.18. The van der Waals surface area contributed by atoms with E-state index in [1.54, 1.807) is 4.90 Å². The van der Waals surface area contributed by atoms with Crippen LogP contribution in [0.4, 0.5) is 0 Å². The zero-order chi connectivity index (χ0) is 11.4. The Bertz CT molecular complexity index is 211. The van der Waals surface area contributed by atoms with Gasteiger partial charge in [0.05, 0.1) is 12.0 Å². The maximum Gasteiger partial charge on any atom is 0.226 e. The summed E-state index contributed by atoms with van der Waals surface area (Å²) in [5.41, 5.74) is 5.53. The SMILES string of the molecule is CCC(CN)C(=O)N(C)CC1CC(O)C1. The summed E-state index contributed by atoms with van der Waals surface area (Å²) in [5.74, 6) is 0.575. The summed E-state index contributed by atoms with van der Waals surface area (Å²) in [4.78, 5) is 13.6. The van der Waals surface area contributed by atoms with E-state index in [1.807, 2.05) is 14.0 Å². The van der Waals surface area contributed by atoms with E-state index < -0.39 is 0 Å². The summed E-state index contributed by atoms with van der Waals surface area (Å²) in [6.07, 6.45) is 2.32. The fraction of sp³-hybridized carbons (Fsp3) is 0.909. The van der Waals surface area contributed by atoms with Crippen LogP contribution in [0.25, 0.3) is 0 Å². The largest absolute Gasteiger partial charge is 0.393 e. The van der Waals surface area contributed by atoms with Crippen molar-refractivity contribution in [3.05, 3.63) is 0 Å². The molecular weight excluding hydrogens is 192 g/mol. The minimum atomic E-state index is -0.144. The third-order valence-corrected chi connectivity index (χ3v) is 3.25. The first-order valence-corrected chi connectivity index (χ1v) is 5.71. The number of hydrogen-bond acceptors (Lipinski definition) is 3. The lowest BCUT2D eigenvalue weighted by Crippen LogP contribution is -2.43. The van der Waals surface area contributed by atoms with Gasteiger partial charge < -0.3 is 15.7 Å². The Hall–Kier alpha value is -0.610. The summed E-state index contributed by atoms with van der Waals surface area (Å²) >= 11 is 0. The maximum atomic E-state index is 11.8. The Kier molecular flexibility index (Phi) is 4.54. The first-order valence-electron chi connectivity index (χ1n) is 5.71. The van der Waals surface area contributed by atoms with Crippen molar-refractivity contribution in [2.24, 2.45) is 17.6 Å². The van der Waals surface area contributed by atoms with Crippen molar-refractivity contribution in [3.63, 3.8) is 0 Å². The number of aliphatic hydroxyl groups is 1. The molecule has 15 heavy (non-hydrogen) atoms. The molecule has 0 aromatic heterocycles. The van der Waals surface area contributed by atoms with Crippen LogP contribution >= 0.6 is 0 Å². The second-order valence-electron chi connectivity index (χ2n) is 4.55. The first-order chi connectivity index (χ1) is 7.08. The number of hydrogen-bond donors (Lipinski definition) is 2. The summed E-state index contributed by atoms with van der Waals surface area (Å²) in [6, 6.07) is 0. The molecule has 1 unspecified atom stereocenters. The Labute approximate surface area is 91.4 Å². The van der Waals surface area contributed by atoms with Crippen molar-refractivity contribution in [2.75, 3.05) is 20.1 Å². The van der Waals surface area contributed by atoms with Gasteiger partial charge in [0.1, 0.15) is 0 Å². The van der Waals surface area contributed by atoms with Crippen LogP contribution in [-0.2, 0) is 4.79 Å². The number of aliphatic hydroxyl groups excluding tert-OH is 1. The smallest absolute Gasteiger partial charge is 0.226 e. The molecule has 4 nitrogen and oxygen atoms in total. The number of nitrogens with two attached hydrogens (primary N) is 1. The standard InChI is InChI=1S/C11H22N2O2/c1-3-9(6-12)11(15)13(2)7-8-4-10(14)5-8/h8-10,14H,3-7,12H2,1-2H3. The molecule has 88 valence electrons. The van der Waals surface area contributed by atoms with Crippen molar-refractivity contribution in [1.82, 2.24) is 4.90 Å². The lowest BCUT2D eigenvalue weighted by atomic mass is 9.82. The van der Waals surface area contributed by atoms with E-state index in [-0.39, 0.29) is 17.9 Å². The molecule has 0 aromatic carbocycles. The highest BCUT2D eigenvalue weighted by atomic mass is 16.3. The molecule has 1 aliphatic rings. The van der Waals surface area contributed by atoms with Crippen LogP contribution in [0.3, 0.4) is 0 Å². The van der Waals surface area contributed by atoms with Crippen molar-refractivity contribution in [3.8, 4) is 0 Å². The Balaban J connectivity index is 2.32. The van der Waals surface area contributed by atoms with Gasteiger partial charge in [0, 0.05) is 20.1 Å². The van der Waals surface area contributed by atoms with Gasteiger partial charge >= 0.3 is 0 Å². The lowest BCUT2D eigenvalue weighted by molar-refractivity contribution is -0.135. The molecule has 0 aromatic rings. The second kappa shape index (κ2) is 5.47. The summed E-state index contributed by atoms with van der Waals surface area (Å²) in [6.45, 7) is 3.16. The van der Waals surface area contributed by atoms with Gasteiger partial charge in [-0.25, -0.2) is 0 Å². The maximum absolute atomic E-state index is 11.8. The molecule has 0 bridgehead atoms. The molecule has 1 aliphatic carbocycles. The van der Waals surface area contributed by atoms with Crippen molar-refractivity contribution in [2.45, 2.75) is 32.3 Å². The molecule has 3 N–H and O–H groups in total. The van der Waals surface area contributed by atoms with Gasteiger partial charge in [0.15, 0.2) is 0 Å². The van der Waals surface area contributed by atoms with Gasteiger partial charge in [-0.2, -0.15) is 0 Å². The van der Waals surface area contributed by atoms with Crippen LogP contribution < -0.4 is 5.73 Å². The minimum Gasteiger partial charge on any atom is -0.393 e. The van der Waals surface area contributed by atoms with Crippen LogP contribution in [0.1, 0.15) is 26.2 Å². The van der Waals surface area contributed by atoms with Gasteiger partial charge in [-0.3, -0.25) is 4.79 Å². The zero-order valence-electron chi connectivity index (χ0n) is 9.65. The fourth-order valence-corrected chi connectivity index (χ4v) is 2.08. The van der Waals surface area contributed by atoms with Crippen molar-refractivity contribution >= 4 is 5.91 Å².